The largest absolute Gasteiger partial charge is 0.321 e. The fourth-order valence-electron chi connectivity index (χ4n) is 2.94. The van der Waals surface area contributed by atoms with Crippen molar-refractivity contribution in [2.75, 3.05) is 18.4 Å². The summed E-state index contributed by atoms with van der Waals surface area (Å²) in [6.45, 7) is 5.31. The molecule has 2 aromatic rings. The first-order chi connectivity index (χ1) is 11.1. The lowest BCUT2D eigenvalue weighted by atomic mass is 10.1. The van der Waals surface area contributed by atoms with E-state index in [0.717, 1.165) is 17.9 Å². The molecule has 1 fully saturated rings. The monoisotopic (exact) mass is 312 g/mol. The van der Waals surface area contributed by atoms with Crippen LogP contribution in [0.15, 0.2) is 30.3 Å². The minimum absolute atomic E-state index is 0.169. The summed E-state index contributed by atoms with van der Waals surface area (Å²) in [5, 5.41) is 7.10. The molecule has 0 bridgehead atoms. The topological polar surface area (TPSA) is 50.2 Å². The van der Waals surface area contributed by atoms with Gasteiger partial charge in [0.2, 0.25) is 0 Å². The number of carbonyl (C=O) groups is 1. The summed E-state index contributed by atoms with van der Waals surface area (Å²) in [5.74, 6) is -0.169. The van der Waals surface area contributed by atoms with Crippen LogP contribution in [0, 0.1) is 6.92 Å². The van der Waals surface area contributed by atoms with Crippen LogP contribution in [0.5, 0.6) is 0 Å². The zero-order chi connectivity index (χ0) is 16.2. The Morgan fingerprint density at radius 2 is 1.87 bits per heavy atom. The summed E-state index contributed by atoms with van der Waals surface area (Å²) in [6.07, 6.45) is 3.96. The molecule has 0 spiro atoms. The van der Waals surface area contributed by atoms with Crippen molar-refractivity contribution < 1.29 is 4.79 Å². The van der Waals surface area contributed by atoms with Crippen molar-refractivity contribution in [1.29, 1.82) is 0 Å². The summed E-state index contributed by atoms with van der Waals surface area (Å²) >= 11 is 0. The average Bonchev–Trinajstić information content (AvgIpc) is 2.90. The van der Waals surface area contributed by atoms with Gasteiger partial charge >= 0.3 is 0 Å². The van der Waals surface area contributed by atoms with Gasteiger partial charge in [-0.25, -0.2) is 0 Å². The van der Waals surface area contributed by atoms with Crippen molar-refractivity contribution in [1.82, 2.24) is 14.7 Å². The normalized spacial score (nSPS) is 15.6. The summed E-state index contributed by atoms with van der Waals surface area (Å²) in [7, 11) is 1.83. The number of piperidine rings is 1. The van der Waals surface area contributed by atoms with Gasteiger partial charge in [-0.2, -0.15) is 5.10 Å². The first-order valence-electron chi connectivity index (χ1n) is 8.25. The summed E-state index contributed by atoms with van der Waals surface area (Å²) in [4.78, 5) is 14.7. The SMILES string of the molecule is Cc1cc(C(=O)Nc2ccc(CN3CCCCC3)cc2)nn1C. The van der Waals surface area contributed by atoms with Crippen LogP contribution in [0.4, 0.5) is 5.69 Å². The molecule has 0 radical (unpaired) electrons. The molecule has 0 unspecified atom stereocenters. The fourth-order valence-corrected chi connectivity index (χ4v) is 2.94. The predicted molar refractivity (Wildman–Crippen MR) is 91.5 cm³/mol. The Balaban J connectivity index is 1.59. The van der Waals surface area contributed by atoms with E-state index in [0.29, 0.717) is 5.69 Å². The molecular weight excluding hydrogens is 288 g/mol. The molecular formula is C18H24N4O. The summed E-state index contributed by atoms with van der Waals surface area (Å²) < 4.78 is 1.70. The standard InChI is InChI=1S/C18H24N4O/c1-14-12-17(20-21(14)2)18(23)19-16-8-6-15(7-9-16)13-22-10-4-3-5-11-22/h6-9,12H,3-5,10-11,13H2,1-2H3,(H,19,23). The number of anilines is 1. The number of aromatic nitrogens is 2. The first kappa shape index (κ1) is 15.7. The molecule has 1 N–H and O–H groups in total. The molecule has 1 aromatic carbocycles. The van der Waals surface area contributed by atoms with Crippen molar-refractivity contribution >= 4 is 11.6 Å². The smallest absolute Gasteiger partial charge is 0.276 e. The van der Waals surface area contributed by atoms with Crippen molar-refractivity contribution in [3.63, 3.8) is 0 Å². The van der Waals surface area contributed by atoms with E-state index in [4.69, 9.17) is 0 Å². The number of nitrogens with one attached hydrogen (secondary N) is 1. The van der Waals surface area contributed by atoms with Crippen molar-refractivity contribution in [3.05, 3.63) is 47.3 Å². The minimum Gasteiger partial charge on any atom is -0.321 e. The lowest BCUT2D eigenvalue weighted by Crippen LogP contribution is -2.29. The second-order valence-electron chi connectivity index (χ2n) is 6.28. The number of carbonyl (C=O) groups excluding carboxylic acids is 1. The Labute approximate surface area is 137 Å². The van der Waals surface area contributed by atoms with Crippen molar-refractivity contribution in [2.45, 2.75) is 32.7 Å². The highest BCUT2D eigenvalue weighted by Crippen LogP contribution is 2.16. The Kier molecular flexibility index (Phi) is 4.76. The molecule has 3 rings (SSSR count). The Bertz CT molecular complexity index is 649. The van der Waals surface area contributed by atoms with E-state index in [2.05, 4.69) is 27.4 Å². The maximum Gasteiger partial charge on any atom is 0.276 e. The maximum absolute atomic E-state index is 12.2. The van der Waals surface area contributed by atoms with Crippen LogP contribution in [-0.2, 0) is 13.6 Å². The second-order valence-corrected chi connectivity index (χ2v) is 6.28. The number of amides is 1. The van der Waals surface area contributed by atoms with Crippen molar-refractivity contribution in [3.8, 4) is 0 Å². The van der Waals surface area contributed by atoms with Gasteiger partial charge < -0.3 is 5.32 Å². The molecule has 122 valence electrons. The van der Waals surface area contributed by atoms with Gasteiger partial charge in [0, 0.05) is 25.0 Å². The third-order valence-corrected chi connectivity index (χ3v) is 4.41. The van der Waals surface area contributed by atoms with Crippen LogP contribution in [0.2, 0.25) is 0 Å². The third kappa shape index (κ3) is 3.99. The van der Waals surface area contributed by atoms with E-state index >= 15 is 0 Å². The summed E-state index contributed by atoms with van der Waals surface area (Å²) in [5.41, 5.74) is 3.51. The van der Waals surface area contributed by atoms with Crippen LogP contribution in [0.3, 0.4) is 0 Å². The zero-order valence-corrected chi connectivity index (χ0v) is 13.9. The second kappa shape index (κ2) is 6.96. The van der Waals surface area contributed by atoms with Gasteiger partial charge in [-0.15, -0.1) is 0 Å². The maximum atomic E-state index is 12.2. The quantitative estimate of drug-likeness (QED) is 0.944. The zero-order valence-electron chi connectivity index (χ0n) is 13.9. The fraction of sp³-hybridized carbons (Fsp3) is 0.444. The Morgan fingerprint density at radius 1 is 1.17 bits per heavy atom. The molecule has 5 heteroatoms. The molecule has 2 heterocycles. The van der Waals surface area contributed by atoms with Gasteiger partial charge in [0.25, 0.3) is 5.91 Å². The van der Waals surface area contributed by atoms with E-state index in [1.54, 1.807) is 10.7 Å². The van der Waals surface area contributed by atoms with Crippen LogP contribution in [0.1, 0.15) is 41.0 Å². The Morgan fingerprint density at radius 3 is 2.48 bits per heavy atom. The van der Waals surface area contributed by atoms with E-state index in [9.17, 15) is 4.79 Å². The van der Waals surface area contributed by atoms with Crippen LogP contribution in [0.25, 0.3) is 0 Å². The molecule has 1 aliphatic rings. The molecule has 1 amide bonds. The highest BCUT2D eigenvalue weighted by Gasteiger charge is 2.12. The van der Waals surface area contributed by atoms with Crippen LogP contribution in [-0.4, -0.2) is 33.7 Å². The number of rotatable bonds is 4. The van der Waals surface area contributed by atoms with Gasteiger partial charge in [-0.3, -0.25) is 14.4 Å². The van der Waals surface area contributed by atoms with Gasteiger partial charge in [0.1, 0.15) is 0 Å². The number of benzene rings is 1. The molecule has 5 nitrogen and oxygen atoms in total. The van der Waals surface area contributed by atoms with Crippen molar-refractivity contribution in [2.24, 2.45) is 7.05 Å². The minimum atomic E-state index is -0.169. The van der Waals surface area contributed by atoms with E-state index in [-0.39, 0.29) is 5.91 Å². The number of likely N-dealkylation sites (tertiary alicyclic amines) is 1. The Hall–Kier alpha value is -2.14. The predicted octanol–water partition coefficient (Wildman–Crippen LogP) is 2.97. The lowest BCUT2D eigenvalue weighted by Gasteiger charge is -2.26. The number of hydrogen-bond donors (Lipinski definition) is 1. The molecule has 0 saturated carbocycles. The molecule has 0 atom stereocenters. The number of hydrogen-bond acceptors (Lipinski definition) is 3. The van der Waals surface area contributed by atoms with Crippen LogP contribution < -0.4 is 5.32 Å². The van der Waals surface area contributed by atoms with E-state index in [1.807, 2.05) is 26.1 Å². The summed E-state index contributed by atoms with van der Waals surface area (Å²) in [6, 6.07) is 9.90. The highest BCUT2D eigenvalue weighted by molar-refractivity contribution is 6.02. The first-order valence-corrected chi connectivity index (χ1v) is 8.25. The van der Waals surface area contributed by atoms with Gasteiger partial charge in [0.15, 0.2) is 5.69 Å². The highest BCUT2D eigenvalue weighted by atomic mass is 16.1. The van der Waals surface area contributed by atoms with E-state index in [1.165, 1.54) is 37.9 Å². The van der Waals surface area contributed by atoms with E-state index < -0.39 is 0 Å². The molecule has 0 aliphatic carbocycles. The third-order valence-electron chi connectivity index (χ3n) is 4.41. The van der Waals surface area contributed by atoms with Gasteiger partial charge in [-0.1, -0.05) is 18.6 Å². The average molecular weight is 312 g/mol. The van der Waals surface area contributed by atoms with Gasteiger partial charge in [0.05, 0.1) is 0 Å². The number of nitrogens with zero attached hydrogens (tertiary/aromatic N) is 3. The van der Waals surface area contributed by atoms with Gasteiger partial charge in [-0.05, 0) is 56.6 Å². The number of aryl methyl sites for hydroxylation is 2. The molecule has 23 heavy (non-hydrogen) atoms. The molecule has 1 aromatic heterocycles. The molecule has 1 saturated heterocycles. The lowest BCUT2D eigenvalue weighted by molar-refractivity contribution is 0.102. The molecule has 1 aliphatic heterocycles. The van der Waals surface area contributed by atoms with Crippen LogP contribution >= 0.6 is 0 Å².